The number of thiophene rings is 1. The molecule has 2 unspecified atom stereocenters. The highest BCUT2D eigenvalue weighted by Gasteiger charge is 2.24. The number of piperidine rings is 1. The first kappa shape index (κ1) is 12.9. The first-order valence-electron chi connectivity index (χ1n) is 5.90. The summed E-state index contributed by atoms with van der Waals surface area (Å²) in [7, 11) is 0. The van der Waals surface area contributed by atoms with Gasteiger partial charge >= 0.3 is 0 Å². The van der Waals surface area contributed by atoms with Crippen molar-refractivity contribution in [3.05, 3.63) is 21.3 Å². The zero-order chi connectivity index (χ0) is 12.3. The normalized spacial score (nSPS) is 24.6. The molecule has 1 aliphatic rings. The summed E-state index contributed by atoms with van der Waals surface area (Å²) in [6, 6.07) is 3.77. The topological polar surface area (TPSA) is 41.1 Å². The average Bonchev–Trinajstić information content (AvgIpc) is 2.72. The Morgan fingerprint density at radius 3 is 3.12 bits per heavy atom. The van der Waals surface area contributed by atoms with Crippen LogP contribution < -0.4 is 10.6 Å². The van der Waals surface area contributed by atoms with E-state index in [0.29, 0.717) is 12.5 Å². The second-order valence-electron chi connectivity index (χ2n) is 4.56. The lowest BCUT2D eigenvalue weighted by Gasteiger charge is -2.27. The van der Waals surface area contributed by atoms with Crippen molar-refractivity contribution in [3.63, 3.8) is 0 Å². The van der Waals surface area contributed by atoms with Gasteiger partial charge in [-0.1, -0.05) is 18.5 Å². The molecule has 0 bridgehead atoms. The molecule has 94 valence electrons. The average molecular weight is 273 g/mol. The van der Waals surface area contributed by atoms with E-state index in [1.54, 1.807) is 0 Å². The number of rotatable bonds is 3. The summed E-state index contributed by atoms with van der Waals surface area (Å²) >= 11 is 7.34. The molecule has 1 aliphatic heterocycles. The maximum Gasteiger partial charge on any atom is 0.237 e. The molecule has 1 saturated heterocycles. The van der Waals surface area contributed by atoms with Crippen molar-refractivity contribution in [2.75, 3.05) is 6.54 Å². The lowest BCUT2D eigenvalue weighted by atomic mass is 9.94. The van der Waals surface area contributed by atoms with Crippen LogP contribution in [0.5, 0.6) is 0 Å². The molecule has 2 atom stereocenters. The van der Waals surface area contributed by atoms with Gasteiger partial charge in [0.25, 0.3) is 0 Å². The number of halogens is 1. The Labute approximate surface area is 111 Å². The van der Waals surface area contributed by atoms with E-state index in [2.05, 4.69) is 17.6 Å². The Hall–Kier alpha value is -0.580. The van der Waals surface area contributed by atoms with E-state index in [-0.39, 0.29) is 11.9 Å². The molecule has 1 amide bonds. The van der Waals surface area contributed by atoms with E-state index in [9.17, 15) is 4.79 Å². The van der Waals surface area contributed by atoms with Crippen molar-refractivity contribution in [2.45, 2.75) is 32.4 Å². The standard InChI is InChI=1S/C12H17ClN2OS/c1-8-4-5-14-10(6-8)12(16)15-7-9-2-3-11(13)17-9/h2-3,8,10,14H,4-7H2,1H3,(H,15,16). The van der Waals surface area contributed by atoms with E-state index in [1.165, 1.54) is 11.3 Å². The van der Waals surface area contributed by atoms with Crippen molar-refractivity contribution in [1.29, 1.82) is 0 Å². The molecular weight excluding hydrogens is 256 g/mol. The minimum Gasteiger partial charge on any atom is -0.350 e. The molecule has 2 heterocycles. The Morgan fingerprint density at radius 2 is 2.47 bits per heavy atom. The largest absolute Gasteiger partial charge is 0.350 e. The van der Waals surface area contributed by atoms with E-state index in [4.69, 9.17) is 11.6 Å². The van der Waals surface area contributed by atoms with Crippen LogP contribution in [0, 0.1) is 5.92 Å². The highest BCUT2D eigenvalue weighted by Crippen LogP contribution is 2.21. The summed E-state index contributed by atoms with van der Waals surface area (Å²) in [5.41, 5.74) is 0. The van der Waals surface area contributed by atoms with E-state index >= 15 is 0 Å². The van der Waals surface area contributed by atoms with Crippen LogP contribution >= 0.6 is 22.9 Å². The molecule has 1 aromatic rings. The van der Waals surface area contributed by atoms with Gasteiger partial charge in [-0.2, -0.15) is 0 Å². The van der Waals surface area contributed by atoms with Gasteiger partial charge in [-0.15, -0.1) is 11.3 Å². The fourth-order valence-electron chi connectivity index (χ4n) is 2.05. The fraction of sp³-hybridized carbons (Fsp3) is 0.583. The van der Waals surface area contributed by atoms with Gasteiger partial charge in [0.2, 0.25) is 5.91 Å². The maximum atomic E-state index is 11.9. The Bertz CT molecular complexity index is 394. The first-order valence-corrected chi connectivity index (χ1v) is 7.10. The summed E-state index contributed by atoms with van der Waals surface area (Å²) in [4.78, 5) is 13.0. The third-order valence-electron chi connectivity index (χ3n) is 3.05. The Morgan fingerprint density at radius 1 is 1.65 bits per heavy atom. The number of hydrogen-bond acceptors (Lipinski definition) is 3. The van der Waals surface area contributed by atoms with Gasteiger partial charge in [0.15, 0.2) is 0 Å². The zero-order valence-electron chi connectivity index (χ0n) is 9.83. The van der Waals surface area contributed by atoms with Crippen LogP contribution in [0.4, 0.5) is 0 Å². The number of nitrogens with one attached hydrogen (secondary N) is 2. The van der Waals surface area contributed by atoms with E-state index < -0.39 is 0 Å². The molecule has 0 aromatic carbocycles. The Kier molecular flexibility index (Phi) is 4.42. The second kappa shape index (κ2) is 5.85. The smallest absolute Gasteiger partial charge is 0.237 e. The molecule has 1 fully saturated rings. The first-order chi connectivity index (χ1) is 8.15. The van der Waals surface area contributed by atoms with Crippen LogP contribution in [-0.4, -0.2) is 18.5 Å². The summed E-state index contributed by atoms with van der Waals surface area (Å²) in [5.74, 6) is 0.726. The van der Waals surface area contributed by atoms with Crippen molar-refractivity contribution in [1.82, 2.24) is 10.6 Å². The molecule has 0 spiro atoms. The predicted octanol–water partition coefficient (Wildman–Crippen LogP) is 2.41. The fourth-order valence-corrected chi connectivity index (χ4v) is 3.08. The maximum absolute atomic E-state index is 11.9. The third kappa shape index (κ3) is 3.69. The predicted molar refractivity (Wildman–Crippen MR) is 71.4 cm³/mol. The molecule has 3 nitrogen and oxygen atoms in total. The highest BCUT2D eigenvalue weighted by atomic mass is 35.5. The second-order valence-corrected chi connectivity index (χ2v) is 6.36. The molecule has 1 aromatic heterocycles. The van der Waals surface area contributed by atoms with Gasteiger partial charge in [0.05, 0.1) is 16.9 Å². The van der Waals surface area contributed by atoms with Crippen LogP contribution in [0.3, 0.4) is 0 Å². The van der Waals surface area contributed by atoms with Gasteiger partial charge in [-0.25, -0.2) is 0 Å². The monoisotopic (exact) mass is 272 g/mol. The lowest BCUT2D eigenvalue weighted by Crippen LogP contribution is -2.48. The van der Waals surface area contributed by atoms with Crippen LogP contribution in [0.25, 0.3) is 0 Å². The highest BCUT2D eigenvalue weighted by molar-refractivity contribution is 7.16. The minimum atomic E-state index is -0.0332. The van der Waals surface area contributed by atoms with E-state index in [1.807, 2.05) is 12.1 Å². The Balaban J connectivity index is 1.80. The molecule has 0 saturated carbocycles. The van der Waals surface area contributed by atoms with Crippen LogP contribution in [0.15, 0.2) is 12.1 Å². The third-order valence-corrected chi connectivity index (χ3v) is 4.28. The summed E-state index contributed by atoms with van der Waals surface area (Å²) < 4.78 is 0.763. The molecule has 0 aliphatic carbocycles. The molecule has 2 N–H and O–H groups in total. The van der Waals surface area contributed by atoms with Gasteiger partial charge in [-0.3, -0.25) is 4.79 Å². The van der Waals surface area contributed by atoms with Gasteiger partial charge in [-0.05, 0) is 37.4 Å². The molecular formula is C12H17ClN2OS. The number of amides is 1. The quantitative estimate of drug-likeness (QED) is 0.887. The number of carbonyl (C=O) groups is 1. The van der Waals surface area contributed by atoms with Crippen LogP contribution in [0.1, 0.15) is 24.6 Å². The van der Waals surface area contributed by atoms with Gasteiger partial charge < -0.3 is 10.6 Å². The number of carbonyl (C=O) groups excluding carboxylic acids is 1. The van der Waals surface area contributed by atoms with Crippen molar-refractivity contribution in [3.8, 4) is 0 Å². The van der Waals surface area contributed by atoms with Crippen LogP contribution in [0.2, 0.25) is 4.34 Å². The number of hydrogen-bond donors (Lipinski definition) is 2. The summed E-state index contributed by atoms with van der Waals surface area (Å²) in [6.45, 7) is 3.70. The van der Waals surface area contributed by atoms with Gasteiger partial charge in [0, 0.05) is 4.88 Å². The molecule has 2 rings (SSSR count). The SMILES string of the molecule is CC1CCNC(C(=O)NCc2ccc(Cl)s2)C1. The van der Waals surface area contributed by atoms with Gasteiger partial charge in [0.1, 0.15) is 0 Å². The molecule has 0 radical (unpaired) electrons. The zero-order valence-corrected chi connectivity index (χ0v) is 11.4. The van der Waals surface area contributed by atoms with Crippen molar-refractivity contribution in [2.24, 2.45) is 5.92 Å². The molecule has 17 heavy (non-hydrogen) atoms. The summed E-state index contributed by atoms with van der Waals surface area (Å²) in [6.07, 6.45) is 2.08. The van der Waals surface area contributed by atoms with E-state index in [0.717, 1.165) is 28.6 Å². The minimum absolute atomic E-state index is 0.0332. The van der Waals surface area contributed by atoms with Crippen LogP contribution in [-0.2, 0) is 11.3 Å². The van der Waals surface area contributed by atoms with Crippen molar-refractivity contribution >= 4 is 28.8 Å². The summed E-state index contributed by atoms with van der Waals surface area (Å²) in [5, 5.41) is 6.21. The molecule has 5 heteroatoms. The lowest BCUT2D eigenvalue weighted by molar-refractivity contribution is -0.124. The van der Waals surface area contributed by atoms with Crippen molar-refractivity contribution < 1.29 is 4.79 Å².